The first-order chi connectivity index (χ1) is 15.0. The minimum absolute atomic E-state index is 0.00651. The number of hydrogen-bond acceptors (Lipinski definition) is 5. The predicted octanol–water partition coefficient (Wildman–Crippen LogP) is 2.70. The summed E-state index contributed by atoms with van der Waals surface area (Å²) >= 11 is 0. The van der Waals surface area contributed by atoms with Crippen LogP contribution in [0.3, 0.4) is 0 Å². The highest BCUT2D eigenvalue weighted by Crippen LogP contribution is 2.30. The lowest BCUT2D eigenvalue weighted by Gasteiger charge is -2.09. The molecular formula is C21H21F3N4O4. The smallest absolute Gasteiger partial charge is 0.416 e. The number of carbonyl (C=O) groups is 3. The molecule has 0 saturated heterocycles. The molecule has 2 rings (SSSR count). The molecule has 0 aliphatic heterocycles. The molecule has 0 heterocycles. The van der Waals surface area contributed by atoms with Crippen LogP contribution in [0.2, 0.25) is 0 Å². The van der Waals surface area contributed by atoms with Gasteiger partial charge in [-0.1, -0.05) is 6.07 Å². The maximum Gasteiger partial charge on any atom is 0.416 e. The predicted molar refractivity (Wildman–Crippen MR) is 111 cm³/mol. The zero-order valence-corrected chi connectivity index (χ0v) is 17.2. The third kappa shape index (κ3) is 8.09. The van der Waals surface area contributed by atoms with Crippen molar-refractivity contribution >= 4 is 29.6 Å². The number of nitrogens with zero attached hydrogens (tertiary/aromatic N) is 1. The number of hydrazone groups is 1. The average Bonchev–Trinajstić information content (AvgIpc) is 2.72. The van der Waals surface area contributed by atoms with Gasteiger partial charge in [-0.15, -0.1) is 0 Å². The normalized spacial score (nSPS) is 11.3. The summed E-state index contributed by atoms with van der Waals surface area (Å²) in [6.45, 7) is 3.53. The van der Waals surface area contributed by atoms with Gasteiger partial charge in [-0.2, -0.15) is 18.3 Å². The molecule has 0 aromatic heterocycles. The Labute approximate surface area is 181 Å². The lowest BCUT2D eigenvalue weighted by atomic mass is 10.2. The van der Waals surface area contributed by atoms with Crippen molar-refractivity contribution in [3.63, 3.8) is 0 Å². The molecule has 32 heavy (non-hydrogen) atoms. The monoisotopic (exact) mass is 450 g/mol. The van der Waals surface area contributed by atoms with Crippen molar-refractivity contribution in [3.05, 3.63) is 59.7 Å². The number of carbonyl (C=O) groups excluding carboxylic acids is 3. The Hall–Kier alpha value is -3.89. The van der Waals surface area contributed by atoms with Gasteiger partial charge in [0.1, 0.15) is 5.75 Å². The van der Waals surface area contributed by atoms with Crippen LogP contribution in [0.25, 0.3) is 0 Å². The van der Waals surface area contributed by atoms with E-state index in [-0.39, 0.29) is 24.2 Å². The van der Waals surface area contributed by atoms with Crippen LogP contribution in [-0.4, -0.2) is 36.6 Å². The van der Waals surface area contributed by atoms with Crippen LogP contribution < -0.4 is 20.8 Å². The fourth-order valence-corrected chi connectivity index (χ4v) is 2.34. The van der Waals surface area contributed by atoms with Crippen LogP contribution >= 0.6 is 0 Å². The first-order valence-corrected chi connectivity index (χ1v) is 9.38. The summed E-state index contributed by atoms with van der Waals surface area (Å²) in [5.41, 5.74) is 1.40. The van der Waals surface area contributed by atoms with Gasteiger partial charge in [0.25, 0.3) is 5.91 Å². The molecule has 3 amide bonds. The van der Waals surface area contributed by atoms with Gasteiger partial charge < -0.3 is 15.4 Å². The van der Waals surface area contributed by atoms with Crippen LogP contribution in [0.5, 0.6) is 5.75 Å². The third-order valence-corrected chi connectivity index (χ3v) is 3.73. The first-order valence-electron chi connectivity index (χ1n) is 9.38. The number of nitrogens with one attached hydrogen (secondary N) is 3. The summed E-state index contributed by atoms with van der Waals surface area (Å²) < 4.78 is 43.4. The molecule has 11 heteroatoms. The quantitative estimate of drug-likeness (QED) is 0.342. The van der Waals surface area contributed by atoms with Gasteiger partial charge in [0.15, 0.2) is 6.61 Å². The SMILES string of the molecule is CC(C)NC(=O)COc1ccc(/C=N/NC(=O)C(=O)Nc2cccc(C(F)(F)F)c2)cc1. The van der Waals surface area contributed by atoms with Gasteiger partial charge in [0.05, 0.1) is 11.8 Å². The van der Waals surface area contributed by atoms with E-state index in [0.717, 1.165) is 12.1 Å². The second kappa shape index (κ2) is 10.9. The molecule has 2 aromatic carbocycles. The van der Waals surface area contributed by atoms with Gasteiger partial charge >= 0.3 is 18.0 Å². The van der Waals surface area contributed by atoms with Crippen LogP contribution in [-0.2, 0) is 20.6 Å². The van der Waals surface area contributed by atoms with E-state index in [1.807, 2.05) is 19.3 Å². The number of amides is 3. The lowest BCUT2D eigenvalue weighted by molar-refractivity contribution is -0.137. The fraction of sp³-hybridized carbons (Fsp3) is 0.238. The number of halogens is 3. The number of benzene rings is 2. The molecular weight excluding hydrogens is 429 g/mol. The van der Waals surface area contributed by atoms with E-state index < -0.39 is 23.6 Å². The molecule has 0 spiro atoms. The number of hydrogen-bond donors (Lipinski definition) is 3. The number of anilines is 1. The van der Waals surface area contributed by atoms with E-state index in [0.29, 0.717) is 17.4 Å². The van der Waals surface area contributed by atoms with Crippen LogP contribution in [0.1, 0.15) is 25.0 Å². The Bertz CT molecular complexity index is 989. The Kier molecular flexibility index (Phi) is 8.33. The molecule has 0 aliphatic carbocycles. The minimum Gasteiger partial charge on any atom is -0.484 e. The Morgan fingerprint density at radius 2 is 1.75 bits per heavy atom. The summed E-state index contributed by atoms with van der Waals surface area (Å²) in [4.78, 5) is 35.2. The number of alkyl halides is 3. The van der Waals surface area contributed by atoms with Crippen molar-refractivity contribution < 1.29 is 32.3 Å². The molecule has 0 bridgehead atoms. The average molecular weight is 450 g/mol. The zero-order valence-electron chi connectivity index (χ0n) is 17.2. The molecule has 8 nitrogen and oxygen atoms in total. The molecule has 0 fully saturated rings. The van der Waals surface area contributed by atoms with E-state index in [2.05, 4.69) is 15.7 Å². The highest BCUT2D eigenvalue weighted by Gasteiger charge is 2.30. The van der Waals surface area contributed by atoms with Gasteiger partial charge in [0.2, 0.25) is 0 Å². The summed E-state index contributed by atoms with van der Waals surface area (Å²) in [5, 5.41) is 8.39. The van der Waals surface area contributed by atoms with Crippen LogP contribution in [0.15, 0.2) is 53.6 Å². The highest BCUT2D eigenvalue weighted by atomic mass is 19.4. The second-order valence-corrected chi connectivity index (χ2v) is 6.81. The molecule has 2 aromatic rings. The van der Waals surface area contributed by atoms with Crippen molar-refractivity contribution in [3.8, 4) is 5.75 Å². The molecule has 3 N–H and O–H groups in total. The molecule has 0 atom stereocenters. The highest BCUT2D eigenvalue weighted by molar-refractivity contribution is 6.39. The van der Waals surface area contributed by atoms with Crippen molar-refractivity contribution in [1.82, 2.24) is 10.7 Å². The maximum atomic E-state index is 12.7. The van der Waals surface area contributed by atoms with E-state index in [1.54, 1.807) is 24.3 Å². The van der Waals surface area contributed by atoms with Gasteiger partial charge in [-0.3, -0.25) is 14.4 Å². The number of rotatable bonds is 7. The van der Waals surface area contributed by atoms with Gasteiger partial charge in [-0.05, 0) is 61.9 Å². The van der Waals surface area contributed by atoms with Gasteiger partial charge in [0, 0.05) is 11.7 Å². The van der Waals surface area contributed by atoms with Crippen molar-refractivity contribution in [2.45, 2.75) is 26.1 Å². The summed E-state index contributed by atoms with van der Waals surface area (Å²) in [5.74, 6) is -2.14. The Balaban J connectivity index is 1.84. The molecule has 0 radical (unpaired) electrons. The van der Waals surface area contributed by atoms with Gasteiger partial charge in [-0.25, -0.2) is 5.43 Å². The minimum atomic E-state index is -4.58. The lowest BCUT2D eigenvalue weighted by Crippen LogP contribution is -2.34. The zero-order chi connectivity index (χ0) is 23.7. The van der Waals surface area contributed by atoms with E-state index in [4.69, 9.17) is 4.74 Å². The Morgan fingerprint density at radius 3 is 2.38 bits per heavy atom. The van der Waals surface area contributed by atoms with Crippen LogP contribution in [0, 0.1) is 0 Å². The third-order valence-electron chi connectivity index (χ3n) is 3.73. The summed E-state index contributed by atoms with van der Waals surface area (Å²) in [7, 11) is 0. The molecule has 0 aliphatic rings. The Morgan fingerprint density at radius 1 is 1.06 bits per heavy atom. The maximum absolute atomic E-state index is 12.7. The van der Waals surface area contributed by atoms with E-state index >= 15 is 0 Å². The summed E-state index contributed by atoms with van der Waals surface area (Å²) in [6, 6.07) is 10.3. The van der Waals surface area contributed by atoms with Crippen molar-refractivity contribution in [1.29, 1.82) is 0 Å². The topological polar surface area (TPSA) is 109 Å². The van der Waals surface area contributed by atoms with E-state index in [1.165, 1.54) is 12.3 Å². The van der Waals surface area contributed by atoms with Crippen LogP contribution in [0.4, 0.5) is 18.9 Å². The first kappa shape index (κ1) is 24.4. The standard InChI is InChI=1S/C21H21F3N4O4/c1-13(2)26-18(29)12-32-17-8-6-14(7-9-17)11-25-28-20(31)19(30)27-16-5-3-4-15(10-16)21(22,23)24/h3-11,13H,12H2,1-2H3,(H,26,29)(H,27,30)(H,28,31)/b25-11+. The molecule has 170 valence electrons. The summed E-state index contributed by atoms with van der Waals surface area (Å²) in [6.07, 6.45) is -3.32. The van der Waals surface area contributed by atoms with Crippen molar-refractivity contribution in [2.24, 2.45) is 5.10 Å². The molecule has 0 unspecified atom stereocenters. The van der Waals surface area contributed by atoms with E-state index in [9.17, 15) is 27.6 Å². The van der Waals surface area contributed by atoms with Crippen molar-refractivity contribution in [2.75, 3.05) is 11.9 Å². The second-order valence-electron chi connectivity index (χ2n) is 6.81. The fourth-order valence-electron chi connectivity index (χ4n) is 2.34. The number of ether oxygens (including phenoxy) is 1. The largest absolute Gasteiger partial charge is 0.484 e. The molecule has 0 saturated carbocycles.